The predicted molar refractivity (Wildman–Crippen MR) is 159 cm³/mol. The number of furan rings is 1. The number of carbonyl (C=O) groups is 2. The van der Waals surface area contributed by atoms with Crippen molar-refractivity contribution < 1.29 is 23.5 Å². The van der Waals surface area contributed by atoms with Crippen LogP contribution in [0.25, 0.3) is 10.9 Å². The zero-order chi connectivity index (χ0) is 28.8. The van der Waals surface area contributed by atoms with Crippen LogP contribution in [0.4, 0.5) is 5.69 Å². The number of imide groups is 1. The van der Waals surface area contributed by atoms with Crippen molar-refractivity contribution in [1.29, 1.82) is 0 Å². The lowest BCUT2D eigenvalue weighted by atomic mass is 10.1. The van der Waals surface area contributed by atoms with Gasteiger partial charge < -0.3 is 19.2 Å². The van der Waals surface area contributed by atoms with Crippen LogP contribution in [-0.4, -0.2) is 48.0 Å². The van der Waals surface area contributed by atoms with Gasteiger partial charge in [0, 0.05) is 31.3 Å². The number of carbonyl (C=O) groups excluding carboxylic acids is 2. The molecule has 0 aliphatic carbocycles. The first-order valence-corrected chi connectivity index (χ1v) is 14.3. The monoisotopic (exact) mass is 555 g/mol. The van der Waals surface area contributed by atoms with Crippen LogP contribution in [0.3, 0.4) is 0 Å². The Hall–Kier alpha value is -4.33. The highest BCUT2D eigenvalue weighted by Crippen LogP contribution is 2.41. The minimum Gasteiger partial charge on any atom is -0.493 e. The van der Waals surface area contributed by atoms with Gasteiger partial charge in [-0.2, -0.15) is 0 Å². The van der Waals surface area contributed by atoms with Gasteiger partial charge in [0.05, 0.1) is 47.7 Å². The van der Waals surface area contributed by atoms with Crippen LogP contribution in [0.2, 0.25) is 0 Å². The molecule has 0 radical (unpaired) electrons. The van der Waals surface area contributed by atoms with Crippen LogP contribution in [0, 0.1) is 6.92 Å². The minimum absolute atomic E-state index is 0.0707. The van der Waals surface area contributed by atoms with Crippen LogP contribution in [0.5, 0.6) is 11.5 Å². The van der Waals surface area contributed by atoms with E-state index < -0.39 is 0 Å². The van der Waals surface area contributed by atoms with Gasteiger partial charge in [0.2, 0.25) is 0 Å². The molecule has 8 heteroatoms. The molecule has 41 heavy (non-hydrogen) atoms. The van der Waals surface area contributed by atoms with Crippen LogP contribution in [0.1, 0.15) is 71.1 Å². The summed E-state index contributed by atoms with van der Waals surface area (Å²) in [6.07, 6.45) is 8.90. The van der Waals surface area contributed by atoms with E-state index >= 15 is 0 Å². The van der Waals surface area contributed by atoms with Crippen molar-refractivity contribution in [3.05, 3.63) is 83.4 Å². The molecule has 0 bridgehead atoms. The normalized spacial score (nSPS) is 13.5. The molecule has 0 fully saturated rings. The van der Waals surface area contributed by atoms with E-state index in [9.17, 15) is 9.59 Å². The molecule has 1 aliphatic heterocycles. The summed E-state index contributed by atoms with van der Waals surface area (Å²) in [5, 5.41) is 4.51. The molecule has 0 saturated carbocycles. The first-order valence-electron chi connectivity index (χ1n) is 14.3. The molecule has 5 rings (SSSR count). The number of anilines is 1. The number of hydrogen-bond acceptors (Lipinski definition) is 7. The molecular formula is C33H37N3O5. The van der Waals surface area contributed by atoms with E-state index in [0.717, 1.165) is 60.0 Å². The van der Waals surface area contributed by atoms with Gasteiger partial charge in [-0.3, -0.25) is 19.5 Å². The number of ether oxygens (including phenoxy) is 2. The molecule has 214 valence electrons. The van der Waals surface area contributed by atoms with Crippen LogP contribution >= 0.6 is 0 Å². The Morgan fingerprint density at radius 3 is 2.49 bits per heavy atom. The number of hydrogen-bond donors (Lipinski definition) is 1. The van der Waals surface area contributed by atoms with Gasteiger partial charge in [0.25, 0.3) is 11.8 Å². The third-order valence-electron chi connectivity index (χ3n) is 7.55. The van der Waals surface area contributed by atoms with Gasteiger partial charge in [0.1, 0.15) is 5.76 Å². The maximum absolute atomic E-state index is 12.7. The lowest BCUT2D eigenvalue weighted by molar-refractivity contribution is 0.0651. The van der Waals surface area contributed by atoms with Crippen molar-refractivity contribution in [3.63, 3.8) is 0 Å². The molecule has 0 spiro atoms. The van der Waals surface area contributed by atoms with Gasteiger partial charge in [-0.25, -0.2) is 0 Å². The Labute approximate surface area is 240 Å². The zero-order valence-electron chi connectivity index (χ0n) is 23.9. The number of benzene rings is 2. The van der Waals surface area contributed by atoms with E-state index in [4.69, 9.17) is 18.9 Å². The van der Waals surface area contributed by atoms with Gasteiger partial charge in [-0.05, 0) is 81.8 Å². The average molecular weight is 556 g/mol. The van der Waals surface area contributed by atoms with Gasteiger partial charge in [0.15, 0.2) is 11.5 Å². The Bertz CT molecular complexity index is 1480. The van der Waals surface area contributed by atoms with Crippen molar-refractivity contribution in [2.75, 3.05) is 25.6 Å². The number of fused-ring (bicyclic) bond motifs is 2. The molecule has 8 nitrogen and oxygen atoms in total. The highest BCUT2D eigenvalue weighted by molar-refractivity contribution is 6.21. The van der Waals surface area contributed by atoms with Crippen LogP contribution < -0.4 is 14.8 Å². The second-order valence-electron chi connectivity index (χ2n) is 10.5. The third-order valence-corrected chi connectivity index (χ3v) is 7.55. The van der Waals surface area contributed by atoms with Crippen molar-refractivity contribution in [2.24, 2.45) is 0 Å². The van der Waals surface area contributed by atoms with Gasteiger partial charge in [-0.15, -0.1) is 0 Å². The Morgan fingerprint density at radius 1 is 1.00 bits per heavy atom. The number of aromatic nitrogens is 1. The molecule has 2 amide bonds. The van der Waals surface area contributed by atoms with Crippen molar-refractivity contribution >= 4 is 28.4 Å². The second kappa shape index (κ2) is 12.9. The highest BCUT2D eigenvalue weighted by atomic mass is 16.5. The number of pyridine rings is 1. The second-order valence-corrected chi connectivity index (χ2v) is 10.5. The maximum Gasteiger partial charge on any atom is 0.261 e. The first-order chi connectivity index (χ1) is 20.0. The third kappa shape index (κ3) is 6.21. The van der Waals surface area contributed by atoms with Crippen molar-refractivity contribution in [3.8, 4) is 11.5 Å². The Balaban J connectivity index is 1.21. The van der Waals surface area contributed by atoms with Crippen molar-refractivity contribution in [1.82, 2.24) is 9.88 Å². The van der Waals surface area contributed by atoms with Crippen LogP contribution in [0.15, 0.2) is 65.4 Å². The molecule has 1 atom stereocenters. The number of amides is 2. The Kier molecular flexibility index (Phi) is 8.87. The quantitative estimate of drug-likeness (QED) is 0.135. The number of rotatable bonds is 14. The number of aryl methyl sites for hydroxylation is 2. The highest BCUT2D eigenvalue weighted by Gasteiger charge is 2.34. The molecule has 3 heterocycles. The molecule has 1 N–H and O–H groups in total. The first kappa shape index (κ1) is 28.2. The number of nitrogens with zero attached hydrogens (tertiary/aromatic N) is 2. The summed E-state index contributed by atoms with van der Waals surface area (Å²) in [6, 6.07) is 14.9. The summed E-state index contributed by atoms with van der Waals surface area (Å²) in [7, 11) is 1.65. The van der Waals surface area contributed by atoms with E-state index in [1.54, 1.807) is 43.8 Å². The standard InChI is InChI=1S/C33H37N3O5/c1-22-16-17-34-30-27(35-23(2)11-9-18-36-32(37)25-14-6-7-15-26(25)33(36)38)21-28(39-3)31(29(22)30)41-19-8-4-5-12-24-13-10-20-40-24/h6-7,10,13-17,20-21,23,35H,4-5,8-9,11-12,18-19H2,1-3H3. The number of methoxy groups -OCH3 is 1. The summed E-state index contributed by atoms with van der Waals surface area (Å²) in [6.45, 7) is 5.10. The van der Waals surface area contributed by atoms with E-state index in [0.29, 0.717) is 42.2 Å². The maximum atomic E-state index is 12.7. The summed E-state index contributed by atoms with van der Waals surface area (Å²) in [5.41, 5.74) is 3.72. The molecule has 1 aliphatic rings. The fraction of sp³-hybridized carbons (Fsp3) is 0.364. The Morgan fingerprint density at radius 2 is 1.78 bits per heavy atom. The summed E-state index contributed by atoms with van der Waals surface area (Å²) in [5.74, 6) is 1.96. The number of nitrogens with one attached hydrogen (secondary N) is 1. The topological polar surface area (TPSA) is 93.9 Å². The van der Waals surface area contributed by atoms with E-state index in [2.05, 4.69) is 19.2 Å². The summed E-state index contributed by atoms with van der Waals surface area (Å²) < 4.78 is 17.5. The SMILES string of the molecule is COc1cc(NC(C)CCCN2C(=O)c3ccccc3C2=O)c2nccc(C)c2c1OCCCCCc1ccco1. The fourth-order valence-electron chi connectivity index (χ4n) is 5.38. The lowest BCUT2D eigenvalue weighted by Gasteiger charge is -2.21. The van der Waals surface area contributed by atoms with E-state index in [1.807, 2.05) is 24.3 Å². The lowest BCUT2D eigenvalue weighted by Crippen LogP contribution is -2.31. The zero-order valence-corrected chi connectivity index (χ0v) is 23.9. The summed E-state index contributed by atoms with van der Waals surface area (Å²) >= 11 is 0. The van der Waals surface area contributed by atoms with Crippen molar-refractivity contribution in [2.45, 2.75) is 58.4 Å². The summed E-state index contributed by atoms with van der Waals surface area (Å²) in [4.78, 5) is 31.4. The average Bonchev–Trinajstić information content (AvgIpc) is 3.58. The van der Waals surface area contributed by atoms with Gasteiger partial charge in [-0.1, -0.05) is 12.1 Å². The molecule has 2 aromatic carbocycles. The molecule has 2 aromatic heterocycles. The minimum atomic E-state index is -0.213. The number of unbranched alkanes of at least 4 members (excludes halogenated alkanes) is 2. The smallest absolute Gasteiger partial charge is 0.261 e. The molecule has 1 unspecified atom stereocenters. The molecule has 4 aromatic rings. The van der Waals surface area contributed by atoms with E-state index in [-0.39, 0.29) is 17.9 Å². The molecular weight excluding hydrogens is 518 g/mol. The van der Waals surface area contributed by atoms with Crippen LogP contribution in [-0.2, 0) is 6.42 Å². The predicted octanol–water partition coefficient (Wildman–Crippen LogP) is 6.81. The fourth-order valence-corrected chi connectivity index (χ4v) is 5.38. The van der Waals surface area contributed by atoms with Gasteiger partial charge >= 0.3 is 0 Å². The molecule has 0 saturated heterocycles. The van der Waals surface area contributed by atoms with E-state index in [1.165, 1.54) is 4.90 Å². The largest absolute Gasteiger partial charge is 0.493 e.